The molecule has 2 rings (SSSR count). The van der Waals surface area contributed by atoms with Crippen molar-refractivity contribution in [2.45, 2.75) is 45.2 Å². The van der Waals surface area contributed by atoms with Gasteiger partial charge in [0.15, 0.2) is 0 Å². The van der Waals surface area contributed by atoms with Gasteiger partial charge in [0.25, 0.3) is 0 Å². The lowest BCUT2D eigenvalue weighted by Gasteiger charge is -2.25. The highest BCUT2D eigenvalue weighted by molar-refractivity contribution is 5.78. The first-order valence-corrected chi connectivity index (χ1v) is 7.33. The lowest BCUT2D eigenvalue weighted by molar-refractivity contribution is -0.119. The highest BCUT2D eigenvalue weighted by atomic mass is 16.1. The molecule has 1 aliphatic rings. The van der Waals surface area contributed by atoms with Crippen molar-refractivity contribution in [3.8, 4) is 0 Å². The van der Waals surface area contributed by atoms with E-state index in [2.05, 4.69) is 47.5 Å². The van der Waals surface area contributed by atoms with Crippen LogP contribution in [0.4, 0.5) is 0 Å². The lowest BCUT2D eigenvalue weighted by atomic mass is 10.1. The summed E-state index contributed by atoms with van der Waals surface area (Å²) in [7, 11) is 0. The Morgan fingerprint density at radius 1 is 1.32 bits per heavy atom. The summed E-state index contributed by atoms with van der Waals surface area (Å²) in [5.74, 6) is 0.208. The number of carbonyl (C=O) groups is 1. The number of nitrogens with zero attached hydrogens (tertiary/aromatic N) is 1. The van der Waals surface area contributed by atoms with Crippen LogP contribution in [0.1, 0.15) is 38.2 Å². The molecule has 1 aromatic rings. The quantitative estimate of drug-likeness (QED) is 0.817. The number of unbranched alkanes of at least 4 members (excludes halogenated alkanes) is 1. The standard InChI is InChI=1S/C16H24N2O/c1-2-3-11-18(12-14-7-5-4-6-8-14)13-15-9-10-16(19)17-15/h4-8,15H,2-3,9-13H2,1H3,(H,17,19). The van der Waals surface area contributed by atoms with E-state index in [4.69, 9.17) is 0 Å². The molecule has 1 aromatic carbocycles. The molecule has 1 fully saturated rings. The molecule has 1 aliphatic heterocycles. The summed E-state index contributed by atoms with van der Waals surface area (Å²) < 4.78 is 0. The molecule has 0 aromatic heterocycles. The van der Waals surface area contributed by atoms with Crippen LogP contribution in [0.5, 0.6) is 0 Å². The molecule has 1 heterocycles. The molecule has 0 aliphatic carbocycles. The van der Waals surface area contributed by atoms with Gasteiger partial charge in [0.1, 0.15) is 0 Å². The Bertz CT molecular complexity index is 391. The summed E-state index contributed by atoms with van der Waals surface area (Å²) in [5, 5.41) is 3.07. The van der Waals surface area contributed by atoms with Crippen LogP contribution in [-0.2, 0) is 11.3 Å². The summed E-state index contributed by atoms with van der Waals surface area (Å²) in [6.07, 6.45) is 4.10. The molecule has 0 bridgehead atoms. The number of hydrogen-bond acceptors (Lipinski definition) is 2. The molecular weight excluding hydrogens is 236 g/mol. The largest absolute Gasteiger partial charge is 0.352 e. The fourth-order valence-electron chi connectivity index (χ4n) is 2.58. The molecule has 0 spiro atoms. The van der Waals surface area contributed by atoms with Crippen LogP contribution in [0, 0.1) is 0 Å². The van der Waals surface area contributed by atoms with Gasteiger partial charge in [0.2, 0.25) is 5.91 Å². The maximum atomic E-state index is 11.3. The van der Waals surface area contributed by atoms with Gasteiger partial charge in [-0.25, -0.2) is 0 Å². The second-order valence-corrected chi connectivity index (χ2v) is 5.38. The fraction of sp³-hybridized carbons (Fsp3) is 0.562. The zero-order valence-electron chi connectivity index (χ0n) is 11.8. The van der Waals surface area contributed by atoms with Crippen LogP contribution in [0.3, 0.4) is 0 Å². The van der Waals surface area contributed by atoms with Gasteiger partial charge in [-0.15, -0.1) is 0 Å². The Balaban J connectivity index is 1.89. The first-order valence-electron chi connectivity index (χ1n) is 7.33. The van der Waals surface area contributed by atoms with Gasteiger partial charge in [0, 0.05) is 25.6 Å². The number of amides is 1. The van der Waals surface area contributed by atoms with Gasteiger partial charge >= 0.3 is 0 Å². The van der Waals surface area contributed by atoms with Gasteiger partial charge in [0.05, 0.1) is 0 Å². The number of rotatable bonds is 7. The monoisotopic (exact) mass is 260 g/mol. The number of benzene rings is 1. The molecule has 1 unspecified atom stereocenters. The third kappa shape index (κ3) is 4.67. The van der Waals surface area contributed by atoms with Crippen molar-refractivity contribution >= 4 is 5.91 Å². The zero-order chi connectivity index (χ0) is 13.5. The minimum absolute atomic E-state index is 0.208. The van der Waals surface area contributed by atoms with Crippen molar-refractivity contribution in [1.82, 2.24) is 10.2 Å². The smallest absolute Gasteiger partial charge is 0.220 e. The van der Waals surface area contributed by atoms with Crippen molar-refractivity contribution in [2.24, 2.45) is 0 Å². The molecule has 1 amide bonds. The molecule has 1 atom stereocenters. The molecule has 1 saturated heterocycles. The molecular formula is C16H24N2O. The van der Waals surface area contributed by atoms with Gasteiger partial charge < -0.3 is 5.32 Å². The SMILES string of the molecule is CCCCN(Cc1ccccc1)CC1CCC(=O)N1. The summed E-state index contributed by atoms with van der Waals surface area (Å²) in [6, 6.07) is 10.9. The van der Waals surface area contributed by atoms with Crippen LogP contribution >= 0.6 is 0 Å². The van der Waals surface area contributed by atoms with E-state index in [0.717, 1.165) is 26.1 Å². The molecule has 0 radical (unpaired) electrons. The summed E-state index contributed by atoms with van der Waals surface area (Å²) >= 11 is 0. The van der Waals surface area contributed by atoms with Crippen molar-refractivity contribution in [3.05, 3.63) is 35.9 Å². The van der Waals surface area contributed by atoms with E-state index < -0.39 is 0 Å². The van der Waals surface area contributed by atoms with E-state index in [1.54, 1.807) is 0 Å². The van der Waals surface area contributed by atoms with Gasteiger partial charge in [-0.3, -0.25) is 9.69 Å². The van der Waals surface area contributed by atoms with E-state index in [1.165, 1.54) is 18.4 Å². The summed E-state index contributed by atoms with van der Waals surface area (Å²) in [4.78, 5) is 13.7. The predicted octanol–water partition coefficient (Wildman–Crippen LogP) is 2.57. The van der Waals surface area contributed by atoms with Crippen molar-refractivity contribution in [3.63, 3.8) is 0 Å². The highest BCUT2D eigenvalue weighted by Gasteiger charge is 2.22. The van der Waals surface area contributed by atoms with Crippen LogP contribution < -0.4 is 5.32 Å². The number of carbonyl (C=O) groups excluding carboxylic acids is 1. The second kappa shape index (κ2) is 7.29. The maximum absolute atomic E-state index is 11.3. The Kier molecular flexibility index (Phi) is 5.40. The predicted molar refractivity (Wildman–Crippen MR) is 77.8 cm³/mol. The van der Waals surface area contributed by atoms with Crippen molar-refractivity contribution < 1.29 is 4.79 Å². The molecule has 3 heteroatoms. The molecule has 104 valence electrons. The first kappa shape index (κ1) is 14.1. The van der Waals surface area contributed by atoms with E-state index in [-0.39, 0.29) is 5.91 Å². The Morgan fingerprint density at radius 2 is 2.11 bits per heavy atom. The molecule has 3 nitrogen and oxygen atoms in total. The number of nitrogens with one attached hydrogen (secondary N) is 1. The average molecular weight is 260 g/mol. The van der Waals surface area contributed by atoms with Gasteiger partial charge in [-0.05, 0) is 24.9 Å². The first-order chi connectivity index (χ1) is 9.28. The van der Waals surface area contributed by atoms with Crippen LogP contribution in [-0.4, -0.2) is 29.9 Å². The Morgan fingerprint density at radius 3 is 2.74 bits per heavy atom. The van der Waals surface area contributed by atoms with E-state index in [9.17, 15) is 4.79 Å². The fourth-order valence-corrected chi connectivity index (χ4v) is 2.58. The third-order valence-corrected chi connectivity index (χ3v) is 3.64. The zero-order valence-corrected chi connectivity index (χ0v) is 11.8. The van der Waals surface area contributed by atoms with E-state index >= 15 is 0 Å². The van der Waals surface area contributed by atoms with Crippen LogP contribution in [0.25, 0.3) is 0 Å². The Hall–Kier alpha value is -1.35. The molecule has 1 N–H and O–H groups in total. The van der Waals surface area contributed by atoms with Crippen molar-refractivity contribution in [2.75, 3.05) is 13.1 Å². The maximum Gasteiger partial charge on any atom is 0.220 e. The number of hydrogen-bond donors (Lipinski definition) is 1. The Labute approximate surface area is 116 Å². The minimum atomic E-state index is 0.208. The lowest BCUT2D eigenvalue weighted by Crippen LogP contribution is -2.38. The topological polar surface area (TPSA) is 32.3 Å². The summed E-state index contributed by atoms with van der Waals surface area (Å²) in [6.45, 7) is 5.28. The highest BCUT2D eigenvalue weighted by Crippen LogP contribution is 2.12. The van der Waals surface area contributed by atoms with Gasteiger partial charge in [-0.2, -0.15) is 0 Å². The van der Waals surface area contributed by atoms with Crippen LogP contribution in [0.2, 0.25) is 0 Å². The van der Waals surface area contributed by atoms with E-state index in [0.29, 0.717) is 12.5 Å². The van der Waals surface area contributed by atoms with Crippen LogP contribution in [0.15, 0.2) is 30.3 Å². The normalized spacial score (nSPS) is 18.8. The van der Waals surface area contributed by atoms with E-state index in [1.807, 2.05) is 0 Å². The molecule has 19 heavy (non-hydrogen) atoms. The minimum Gasteiger partial charge on any atom is -0.352 e. The third-order valence-electron chi connectivity index (χ3n) is 3.64. The summed E-state index contributed by atoms with van der Waals surface area (Å²) in [5.41, 5.74) is 1.35. The average Bonchev–Trinajstić information content (AvgIpc) is 2.82. The second-order valence-electron chi connectivity index (χ2n) is 5.38. The van der Waals surface area contributed by atoms with Gasteiger partial charge in [-0.1, -0.05) is 43.7 Å². The molecule has 0 saturated carbocycles. The van der Waals surface area contributed by atoms with Crippen molar-refractivity contribution in [1.29, 1.82) is 0 Å².